The molecule has 118 valence electrons. The molecule has 0 aromatic heterocycles. The summed E-state index contributed by atoms with van der Waals surface area (Å²) in [6.45, 7) is 2.04. The molecule has 0 aliphatic rings. The highest BCUT2D eigenvalue weighted by Crippen LogP contribution is 2.15. The van der Waals surface area contributed by atoms with Gasteiger partial charge >= 0.3 is 0 Å². The van der Waals surface area contributed by atoms with Gasteiger partial charge in [-0.2, -0.15) is 24.4 Å². The smallest absolute Gasteiger partial charge is 0.226 e. The van der Waals surface area contributed by atoms with Gasteiger partial charge in [-0.3, -0.25) is 4.79 Å². The summed E-state index contributed by atoms with van der Waals surface area (Å²) in [4.78, 5) is 12.2. The summed E-state index contributed by atoms with van der Waals surface area (Å²) in [5.74, 6) is 1.12. The Morgan fingerprint density at radius 2 is 2.14 bits per heavy atom. The predicted molar refractivity (Wildman–Crippen MR) is 94.0 cm³/mol. The first-order chi connectivity index (χ1) is 10.1. The number of amides is 1. The number of thioether (sulfide) groups is 1. The van der Waals surface area contributed by atoms with Gasteiger partial charge in [0.25, 0.3) is 0 Å². The number of carbonyl (C=O) groups is 1. The molecule has 0 heterocycles. The van der Waals surface area contributed by atoms with Gasteiger partial charge in [-0.15, -0.1) is 0 Å². The Bertz CT molecular complexity index is 440. The molecule has 0 bridgehead atoms. The number of aliphatic hydroxyl groups excluding tert-OH is 1. The first kappa shape index (κ1) is 18.4. The van der Waals surface area contributed by atoms with E-state index in [1.54, 1.807) is 11.8 Å². The maximum absolute atomic E-state index is 12.2. The maximum atomic E-state index is 12.2. The van der Waals surface area contributed by atoms with Crippen molar-refractivity contribution >= 4 is 30.3 Å². The molecule has 0 aliphatic carbocycles. The van der Waals surface area contributed by atoms with E-state index in [9.17, 15) is 9.90 Å². The molecule has 1 aromatic rings. The Labute approximate surface area is 137 Å². The Hall–Kier alpha value is -0.650. The number of benzene rings is 1. The number of nitrogens with one attached hydrogen (secondary N) is 1. The molecule has 0 fully saturated rings. The van der Waals surface area contributed by atoms with Gasteiger partial charge in [0.15, 0.2) is 0 Å². The van der Waals surface area contributed by atoms with Crippen LogP contribution in [0.1, 0.15) is 24.0 Å². The number of carbonyl (C=O) groups excluding carboxylic acids is 1. The Morgan fingerprint density at radius 3 is 2.76 bits per heavy atom. The highest BCUT2D eigenvalue weighted by atomic mass is 32.2. The summed E-state index contributed by atoms with van der Waals surface area (Å²) in [6, 6.07) is 8.05. The van der Waals surface area contributed by atoms with Crippen LogP contribution in [0.5, 0.6) is 0 Å². The molecule has 21 heavy (non-hydrogen) atoms. The van der Waals surface area contributed by atoms with Crippen LogP contribution < -0.4 is 5.32 Å². The molecular formula is C16H25NO2S2. The van der Waals surface area contributed by atoms with Crippen LogP contribution in [0.4, 0.5) is 0 Å². The third-order valence-electron chi connectivity index (χ3n) is 3.45. The number of hydrogen-bond acceptors (Lipinski definition) is 4. The van der Waals surface area contributed by atoms with Crippen LogP contribution in [-0.4, -0.2) is 35.0 Å². The van der Waals surface area contributed by atoms with E-state index in [0.717, 1.165) is 17.7 Å². The quantitative estimate of drug-likeness (QED) is 0.371. The van der Waals surface area contributed by atoms with Crippen molar-refractivity contribution in [3.05, 3.63) is 35.4 Å². The molecule has 5 heteroatoms. The third-order valence-corrected chi connectivity index (χ3v) is 4.59. The van der Waals surface area contributed by atoms with E-state index >= 15 is 0 Å². The summed E-state index contributed by atoms with van der Waals surface area (Å²) < 4.78 is 0. The van der Waals surface area contributed by atoms with Crippen LogP contribution in [0.25, 0.3) is 0 Å². The van der Waals surface area contributed by atoms with Crippen molar-refractivity contribution in [2.45, 2.75) is 32.4 Å². The van der Waals surface area contributed by atoms with E-state index in [4.69, 9.17) is 0 Å². The van der Waals surface area contributed by atoms with Crippen molar-refractivity contribution in [2.24, 2.45) is 5.92 Å². The molecule has 3 nitrogen and oxygen atoms in total. The van der Waals surface area contributed by atoms with E-state index in [1.165, 1.54) is 5.56 Å². The molecule has 2 atom stereocenters. The Morgan fingerprint density at radius 1 is 1.43 bits per heavy atom. The number of aliphatic hydroxyl groups is 1. The summed E-state index contributed by atoms with van der Waals surface area (Å²) in [6.07, 6.45) is 3.41. The maximum Gasteiger partial charge on any atom is 0.226 e. The first-order valence-electron chi connectivity index (χ1n) is 7.21. The van der Waals surface area contributed by atoms with Gasteiger partial charge in [0, 0.05) is 5.75 Å². The van der Waals surface area contributed by atoms with Crippen molar-refractivity contribution < 1.29 is 9.90 Å². The number of hydrogen-bond donors (Lipinski definition) is 3. The van der Waals surface area contributed by atoms with Gasteiger partial charge in [-0.1, -0.05) is 24.3 Å². The van der Waals surface area contributed by atoms with Crippen LogP contribution in [0, 0.1) is 12.8 Å². The third kappa shape index (κ3) is 6.76. The molecule has 0 radical (unpaired) electrons. The molecule has 1 rings (SSSR count). The van der Waals surface area contributed by atoms with Crippen LogP contribution in [0.2, 0.25) is 0 Å². The van der Waals surface area contributed by atoms with Crippen LogP contribution in [-0.2, 0) is 11.2 Å². The lowest BCUT2D eigenvalue weighted by molar-refractivity contribution is -0.127. The minimum absolute atomic E-state index is 0.120. The topological polar surface area (TPSA) is 49.3 Å². The minimum atomic E-state index is -0.760. The molecule has 0 aliphatic heterocycles. The predicted octanol–water partition coefficient (Wildman–Crippen LogP) is 2.66. The summed E-state index contributed by atoms with van der Waals surface area (Å²) in [5.41, 5.74) is 2.33. The van der Waals surface area contributed by atoms with Crippen LogP contribution in [0.15, 0.2) is 24.3 Å². The highest BCUT2D eigenvalue weighted by Gasteiger charge is 2.20. The van der Waals surface area contributed by atoms with Crippen molar-refractivity contribution in [3.63, 3.8) is 0 Å². The van der Waals surface area contributed by atoms with Gasteiger partial charge in [0.2, 0.25) is 5.91 Å². The van der Waals surface area contributed by atoms with Crippen LogP contribution in [0.3, 0.4) is 0 Å². The van der Waals surface area contributed by atoms with Gasteiger partial charge in [0.05, 0.1) is 5.92 Å². The molecule has 0 saturated carbocycles. The Balaban J connectivity index is 2.51. The summed E-state index contributed by atoms with van der Waals surface area (Å²) in [7, 11) is 0. The van der Waals surface area contributed by atoms with E-state index in [0.29, 0.717) is 18.6 Å². The van der Waals surface area contributed by atoms with Crippen molar-refractivity contribution in [1.82, 2.24) is 5.32 Å². The second-order valence-corrected chi connectivity index (χ2v) is 6.52. The lowest BCUT2D eigenvalue weighted by Gasteiger charge is -2.19. The Kier molecular flexibility index (Phi) is 8.88. The number of rotatable bonds is 9. The van der Waals surface area contributed by atoms with Gasteiger partial charge in [0.1, 0.15) is 6.23 Å². The minimum Gasteiger partial charge on any atom is -0.374 e. The zero-order valence-electron chi connectivity index (χ0n) is 12.7. The van der Waals surface area contributed by atoms with E-state index < -0.39 is 6.23 Å². The fourth-order valence-electron chi connectivity index (χ4n) is 2.12. The second kappa shape index (κ2) is 10.1. The summed E-state index contributed by atoms with van der Waals surface area (Å²) in [5, 5.41) is 12.5. The monoisotopic (exact) mass is 327 g/mol. The SMILES string of the molecule is CSCCCC(O)NC(=O)C(CS)Cc1ccccc1C. The van der Waals surface area contributed by atoms with E-state index in [2.05, 4.69) is 17.9 Å². The average Bonchev–Trinajstić information content (AvgIpc) is 2.46. The molecule has 2 unspecified atom stereocenters. The fourth-order valence-corrected chi connectivity index (χ4v) is 2.87. The van der Waals surface area contributed by atoms with Crippen LogP contribution >= 0.6 is 24.4 Å². The summed E-state index contributed by atoms with van der Waals surface area (Å²) >= 11 is 6.02. The molecule has 0 spiro atoms. The van der Waals surface area contributed by atoms with Gasteiger partial charge in [-0.05, 0) is 49.3 Å². The molecule has 1 aromatic carbocycles. The first-order valence-corrected chi connectivity index (χ1v) is 9.23. The highest BCUT2D eigenvalue weighted by molar-refractivity contribution is 7.98. The molecule has 0 saturated heterocycles. The zero-order valence-corrected chi connectivity index (χ0v) is 14.4. The standard InChI is InChI=1S/C16H25NO2S2/c1-12-6-3-4-7-13(12)10-14(11-20)16(19)17-15(18)8-5-9-21-2/h3-4,6-7,14-15,18,20H,5,8-11H2,1-2H3,(H,17,19). The fraction of sp³-hybridized carbons (Fsp3) is 0.562. The molecule has 1 amide bonds. The number of thiol groups is 1. The van der Waals surface area contributed by atoms with Crippen molar-refractivity contribution in [1.29, 1.82) is 0 Å². The second-order valence-electron chi connectivity index (χ2n) is 5.17. The van der Waals surface area contributed by atoms with Crippen molar-refractivity contribution in [2.75, 3.05) is 17.8 Å². The van der Waals surface area contributed by atoms with Crippen molar-refractivity contribution in [3.8, 4) is 0 Å². The zero-order chi connectivity index (χ0) is 15.7. The average molecular weight is 328 g/mol. The molecular weight excluding hydrogens is 302 g/mol. The normalized spacial score (nSPS) is 13.7. The van der Waals surface area contributed by atoms with Gasteiger partial charge < -0.3 is 10.4 Å². The van der Waals surface area contributed by atoms with Gasteiger partial charge in [-0.25, -0.2) is 0 Å². The lowest BCUT2D eigenvalue weighted by atomic mass is 9.96. The number of aryl methyl sites for hydroxylation is 1. The van der Waals surface area contributed by atoms with E-state index in [-0.39, 0.29) is 11.8 Å². The lowest BCUT2D eigenvalue weighted by Crippen LogP contribution is -2.40. The molecule has 2 N–H and O–H groups in total. The largest absolute Gasteiger partial charge is 0.374 e. The van der Waals surface area contributed by atoms with E-state index in [1.807, 2.05) is 37.4 Å².